The third-order valence-electron chi connectivity index (χ3n) is 5.64. The summed E-state index contributed by atoms with van der Waals surface area (Å²) >= 11 is 0. The van der Waals surface area contributed by atoms with Crippen LogP contribution in [0.4, 0.5) is 17.1 Å². The minimum atomic E-state index is 0.0507. The zero-order chi connectivity index (χ0) is 20.1. The molecule has 6 nitrogen and oxygen atoms in total. The Hall–Kier alpha value is -2.57. The number of anilines is 3. The van der Waals surface area contributed by atoms with E-state index >= 15 is 0 Å². The third-order valence-corrected chi connectivity index (χ3v) is 5.64. The van der Waals surface area contributed by atoms with Crippen molar-refractivity contribution in [3.63, 3.8) is 0 Å². The molecule has 0 bridgehead atoms. The first kappa shape index (κ1) is 19.7. The molecule has 0 aliphatic carbocycles. The van der Waals surface area contributed by atoms with Gasteiger partial charge in [-0.2, -0.15) is 0 Å². The Bertz CT molecular complexity index is 827. The Balaban J connectivity index is 1.31. The Labute approximate surface area is 173 Å². The monoisotopic (exact) mass is 394 g/mol. The van der Waals surface area contributed by atoms with Crippen LogP contribution in [0.3, 0.4) is 0 Å². The molecule has 4 rings (SSSR count). The van der Waals surface area contributed by atoms with Gasteiger partial charge in [-0.1, -0.05) is 24.3 Å². The molecule has 2 saturated heterocycles. The van der Waals surface area contributed by atoms with Gasteiger partial charge in [0.1, 0.15) is 0 Å². The Kier molecular flexibility index (Phi) is 6.32. The number of aryl methyl sites for hydroxylation is 1. The number of nitrogens with one attached hydrogen (secondary N) is 1. The van der Waals surface area contributed by atoms with Crippen molar-refractivity contribution in [2.45, 2.75) is 6.92 Å². The summed E-state index contributed by atoms with van der Waals surface area (Å²) in [6.45, 7) is 9.40. The third kappa shape index (κ3) is 5.08. The minimum Gasteiger partial charge on any atom is -0.378 e. The van der Waals surface area contributed by atoms with Gasteiger partial charge < -0.3 is 19.9 Å². The number of carbonyl (C=O) groups excluding carboxylic acids is 1. The number of para-hydroxylation sites is 2. The Morgan fingerprint density at radius 3 is 2.45 bits per heavy atom. The van der Waals surface area contributed by atoms with Crippen molar-refractivity contribution in [1.82, 2.24) is 4.90 Å². The molecule has 2 heterocycles. The summed E-state index contributed by atoms with van der Waals surface area (Å²) in [4.78, 5) is 19.6. The highest BCUT2D eigenvalue weighted by Crippen LogP contribution is 2.26. The maximum Gasteiger partial charge on any atom is 0.238 e. The summed E-state index contributed by atoms with van der Waals surface area (Å²) in [5.74, 6) is 0.0507. The lowest BCUT2D eigenvalue weighted by molar-refractivity contribution is -0.117. The Morgan fingerprint density at radius 2 is 1.69 bits per heavy atom. The molecule has 2 aromatic rings. The zero-order valence-corrected chi connectivity index (χ0v) is 17.1. The van der Waals surface area contributed by atoms with Crippen LogP contribution in [0, 0.1) is 6.92 Å². The van der Waals surface area contributed by atoms with Crippen LogP contribution in [0.15, 0.2) is 48.5 Å². The molecule has 1 amide bonds. The highest BCUT2D eigenvalue weighted by Gasteiger charge is 2.21. The lowest BCUT2D eigenvalue weighted by atomic mass is 10.2. The molecule has 0 atom stereocenters. The van der Waals surface area contributed by atoms with E-state index in [1.54, 1.807) is 0 Å². The average Bonchev–Trinajstić information content (AvgIpc) is 2.75. The standard InChI is InChI=1S/C23H30N4O2/c1-19-5-4-6-20(17-19)26-11-9-25(10-12-26)18-23(28)24-21-7-2-3-8-22(21)27-13-15-29-16-14-27/h2-8,17H,9-16,18H2,1H3,(H,24,28). The van der Waals surface area contributed by atoms with Crippen LogP contribution < -0.4 is 15.1 Å². The Morgan fingerprint density at radius 1 is 0.931 bits per heavy atom. The molecule has 6 heteroatoms. The molecule has 0 aromatic heterocycles. The second-order valence-electron chi connectivity index (χ2n) is 7.77. The van der Waals surface area contributed by atoms with Gasteiger partial charge in [-0.15, -0.1) is 0 Å². The highest BCUT2D eigenvalue weighted by atomic mass is 16.5. The average molecular weight is 395 g/mol. The van der Waals surface area contributed by atoms with Crippen LogP contribution in [0.25, 0.3) is 0 Å². The number of benzene rings is 2. The van der Waals surface area contributed by atoms with E-state index in [1.165, 1.54) is 11.3 Å². The summed E-state index contributed by atoms with van der Waals surface area (Å²) in [5, 5.41) is 3.13. The lowest BCUT2D eigenvalue weighted by Gasteiger charge is -2.36. The van der Waals surface area contributed by atoms with E-state index in [4.69, 9.17) is 4.74 Å². The summed E-state index contributed by atoms with van der Waals surface area (Å²) in [5.41, 5.74) is 4.52. The number of piperazine rings is 1. The topological polar surface area (TPSA) is 48.0 Å². The van der Waals surface area contributed by atoms with E-state index in [1.807, 2.05) is 18.2 Å². The van der Waals surface area contributed by atoms with Crippen molar-refractivity contribution >= 4 is 23.0 Å². The largest absolute Gasteiger partial charge is 0.378 e. The zero-order valence-electron chi connectivity index (χ0n) is 17.1. The van der Waals surface area contributed by atoms with Crippen molar-refractivity contribution in [2.75, 3.05) is 74.1 Å². The van der Waals surface area contributed by atoms with E-state index in [9.17, 15) is 4.79 Å². The van der Waals surface area contributed by atoms with E-state index in [-0.39, 0.29) is 5.91 Å². The number of hydrogen-bond acceptors (Lipinski definition) is 5. The number of rotatable bonds is 5. The van der Waals surface area contributed by atoms with Crippen LogP contribution in [-0.2, 0) is 9.53 Å². The molecule has 0 saturated carbocycles. The van der Waals surface area contributed by atoms with Gasteiger partial charge in [0.15, 0.2) is 0 Å². The molecule has 154 valence electrons. The van der Waals surface area contributed by atoms with Crippen LogP contribution >= 0.6 is 0 Å². The first-order valence-electron chi connectivity index (χ1n) is 10.4. The van der Waals surface area contributed by atoms with Crippen molar-refractivity contribution in [1.29, 1.82) is 0 Å². The maximum absolute atomic E-state index is 12.7. The van der Waals surface area contributed by atoms with Gasteiger partial charge in [0.05, 0.1) is 31.1 Å². The summed E-state index contributed by atoms with van der Waals surface area (Å²) in [6, 6.07) is 16.7. The smallest absolute Gasteiger partial charge is 0.238 e. The molecule has 0 spiro atoms. The van der Waals surface area contributed by atoms with Gasteiger partial charge in [0, 0.05) is 45.0 Å². The van der Waals surface area contributed by atoms with Gasteiger partial charge in [-0.05, 0) is 36.8 Å². The van der Waals surface area contributed by atoms with Crippen LogP contribution in [-0.4, -0.2) is 69.8 Å². The van der Waals surface area contributed by atoms with Gasteiger partial charge in [-0.3, -0.25) is 9.69 Å². The van der Waals surface area contributed by atoms with Crippen molar-refractivity contribution in [2.24, 2.45) is 0 Å². The molecule has 0 radical (unpaired) electrons. The van der Waals surface area contributed by atoms with E-state index in [0.717, 1.165) is 63.9 Å². The SMILES string of the molecule is Cc1cccc(N2CCN(CC(=O)Nc3ccccc3N3CCOCC3)CC2)c1. The normalized spacial score (nSPS) is 18.0. The first-order chi connectivity index (χ1) is 14.2. The second kappa shape index (κ2) is 9.29. The van der Waals surface area contributed by atoms with Crippen molar-refractivity contribution in [3.8, 4) is 0 Å². The number of ether oxygens (including phenoxy) is 1. The van der Waals surface area contributed by atoms with E-state index in [2.05, 4.69) is 57.3 Å². The molecular weight excluding hydrogens is 364 g/mol. The van der Waals surface area contributed by atoms with Gasteiger partial charge in [0.2, 0.25) is 5.91 Å². The predicted molar refractivity (Wildman–Crippen MR) is 118 cm³/mol. The highest BCUT2D eigenvalue weighted by molar-refractivity contribution is 5.95. The number of amides is 1. The molecule has 2 fully saturated rings. The van der Waals surface area contributed by atoms with Crippen LogP contribution in [0.5, 0.6) is 0 Å². The fourth-order valence-corrected chi connectivity index (χ4v) is 4.04. The summed E-state index contributed by atoms with van der Waals surface area (Å²) in [7, 11) is 0. The molecule has 1 N–H and O–H groups in total. The van der Waals surface area contributed by atoms with Crippen LogP contribution in [0.1, 0.15) is 5.56 Å². The van der Waals surface area contributed by atoms with Gasteiger partial charge in [0.25, 0.3) is 0 Å². The van der Waals surface area contributed by atoms with Crippen molar-refractivity contribution in [3.05, 3.63) is 54.1 Å². The molecular formula is C23H30N4O2. The fraction of sp³-hybridized carbons (Fsp3) is 0.435. The quantitative estimate of drug-likeness (QED) is 0.845. The second-order valence-corrected chi connectivity index (χ2v) is 7.77. The maximum atomic E-state index is 12.7. The summed E-state index contributed by atoms with van der Waals surface area (Å²) in [6.07, 6.45) is 0. The summed E-state index contributed by atoms with van der Waals surface area (Å²) < 4.78 is 5.45. The number of morpholine rings is 1. The predicted octanol–water partition coefficient (Wildman–Crippen LogP) is 2.59. The number of hydrogen-bond donors (Lipinski definition) is 1. The molecule has 29 heavy (non-hydrogen) atoms. The molecule has 2 aromatic carbocycles. The van der Waals surface area contributed by atoms with E-state index in [0.29, 0.717) is 6.54 Å². The van der Waals surface area contributed by atoms with Crippen molar-refractivity contribution < 1.29 is 9.53 Å². The first-order valence-corrected chi connectivity index (χ1v) is 10.4. The molecule has 2 aliphatic heterocycles. The fourth-order valence-electron chi connectivity index (χ4n) is 4.04. The lowest BCUT2D eigenvalue weighted by Crippen LogP contribution is -2.48. The number of nitrogens with zero attached hydrogens (tertiary/aromatic N) is 3. The molecule has 0 unspecified atom stereocenters. The molecule has 2 aliphatic rings. The van der Waals surface area contributed by atoms with Gasteiger partial charge >= 0.3 is 0 Å². The van der Waals surface area contributed by atoms with E-state index < -0.39 is 0 Å². The van der Waals surface area contributed by atoms with Crippen LogP contribution in [0.2, 0.25) is 0 Å². The minimum absolute atomic E-state index is 0.0507. The van der Waals surface area contributed by atoms with Gasteiger partial charge in [-0.25, -0.2) is 0 Å². The number of carbonyl (C=O) groups is 1.